The summed E-state index contributed by atoms with van der Waals surface area (Å²) in [6.45, 7) is 2.99. The monoisotopic (exact) mass is 358 g/mol. The lowest BCUT2D eigenvalue weighted by atomic mass is 10.1. The van der Waals surface area contributed by atoms with Gasteiger partial charge < -0.3 is 4.74 Å². The summed E-state index contributed by atoms with van der Waals surface area (Å²) in [5.41, 5.74) is 3.44. The molecule has 2 aromatic rings. The molecule has 0 saturated heterocycles. The molecular formula is C20H26N2O2S. The van der Waals surface area contributed by atoms with Crippen LogP contribution in [0.25, 0.3) is 0 Å². The van der Waals surface area contributed by atoms with E-state index in [2.05, 4.69) is 17.5 Å². The SMILES string of the molecule is CCCCCCCCOc1ccc(C=NNC(=O)c2cccs2)cc1. The van der Waals surface area contributed by atoms with Crippen LogP contribution in [-0.4, -0.2) is 18.7 Å². The molecule has 0 unspecified atom stereocenters. The fraction of sp³-hybridized carbons (Fsp3) is 0.400. The van der Waals surface area contributed by atoms with Gasteiger partial charge in [0.25, 0.3) is 5.91 Å². The van der Waals surface area contributed by atoms with Crippen LogP contribution < -0.4 is 10.2 Å². The molecule has 1 heterocycles. The van der Waals surface area contributed by atoms with Gasteiger partial charge in [-0.2, -0.15) is 5.10 Å². The largest absolute Gasteiger partial charge is 0.494 e. The van der Waals surface area contributed by atoms with Crippen LogP contribution in [0.4, 0.5) is 0 Å². The van der Waals surface area contributed by atoms with Crippen molar-refractivity contribution < 1.29 is 9.53 Å². The zero-order chi connectivity index (χ0) is 17.7. The predicted octanol–water partition coefficient (Wildman–Crippen LogP) is 5.25. The van der Waals surface area contributed by atoms with E-state index in [4.69, 9.17) is 4.74 Å². The van der Waals surface area contributed by atoms with Crippen molar-refractivity contribution in [2.45, 2.75) is 45.4 Å². The van der Waals surface area contributed by atoms with Crippen LogP contribution in [0.2, 0.25) is 0 Å². The molecule has 134 valence electrons. The first-order valence-electron chi connectivity index (χ1n) is 8.89. The van der Waals surface area contributed by atoms with E-state index in [1.807, 2.05) is 35.7 Å². The van der Waals surface area contributed by atoms with E-state index in [1.54, 1.807) is 12.3 Å². The molecule has 0 radical (unpaired) electrons. The topological polar surface area (TPSA) is 50.7 Å². The molecule has 0 bridgehead atoms. The van der Waals surface area contributed by atoms with Crippen molar-refractivity contribution in [1.82, 2.24) is 5.43 Å². The average molecular weight is 359 g/mol. The highest BCUT2D eigenvalue weighted by atomic mass is 32.1. The zero-order valence-corrected chi connectivity index (χ0v) is 15.6. The zero-order valence-electron chi connectivity index (χ0n) is 14.7. The lowest BCUT2D eigenvalue weighted by Gasteiger charge is -2.06. The van der Waals surface area contributed by atoms with E-state index >= 15 is 0 Å². The predicted molar refractivity (Wildman–Crippen MR) is 105 cm³/mol. The van der Waals surface area contributed by atoms with E-state index in [9.17, 15) is 4.79 Å². The molecule has 1 aromatic heterocycles. The van der Waals surface area contributed by atoms with Gasteiger partial charge in [-0.05, 0) is 47.7 Å². The van der Waals surface area contributed by atoms with Gasteiger partial charge in [-0.25, -0.2) is 5.43 Å². The fourth-order valence-corrected chi connectivity index (χ4v) is 2.96. The molecule has 2 rings (SSSR count). The molecule has 25 heavy (non-hydrogen) atoms. The summed E-state index contributed by atoms with van der Waals surface area (Å²) >= 11 is 1.39. The number of nitrogens with one attached hydrogen (secondary N) is 1. The van der Waals surface area contributed by atoms with Gasteiger partial charge in [0.1, 0.15) is 5.75 Å². The number of carbonyl (C=O) groups is 1. The number of rotatable bonds is 11. The van der Waals surface area contributed by atoms with Crippen molar-refractivity contribution in [1.29, 1.82) is 0 Å². The molecule has 1 amide bonds. The molecule has 4 nitrogen and oxygen atoms in total. The Morgan fingerprint density at radius 2 is 1.88 bits per heavy atom. The number of benzene rings is 1. The van der Waals surface area contributed by atoms with Crippen molar-refractivity contribution in [3.63, 3.8) is 0 Å². The Hall–Kier alpha value is -2.14. The highest BCUT2D eigenvalue weighted by molar-refractivity contribution is 7.12. The van der Waals surface area contributed by atoms with E-state index in [-0.39, 0.29) is 5.91 Å². The summed E-state index contributed by atoms with van der Waals surface area (Å²) in [6, 6.07) is 11.3. The van der Waals surface area contributed by atoms with Gasteiger partial charge in [0.2, 0.25) is 0 Å². The number of hydrogen-bond donors (Lipinski definition) is 1. The molecule has 0 spiro atoms. The van der Waals surface area contributed by atoms with E-state index in [0.717, 1.165) is 24.3 Å². The third kappa shape index (κ3) is 7.52. The molecule has 0 aliphatic rings. The van der Waals surface area contributed by atoms with Crippen molar-refractivity contribution in [2.75, 3.05) is 6.61 Å². The first-order valence-corrected chi connectivity index (χ1v) is 9.77. The van der Waals surface area contributed by atoms with Gasteiger partial charge in [0.05, 0.1) is 17.7 Å². The Morgan fingerprint density at radius 3 is 2.60 bits per heavy atom. The van der Waals surface area contributed by atoms with Crippen LogP contribution >= 0.6 is 11.3 Å². The molecule has 5 heteroatoms. The Morgan fingerprint density at radius 1 is 1.12 bits per heavy atom. The number of amides is 1. The Balaban J connectivity index is 1.65. The Labute approximate surface area is 153 Å². The second-order valence-electron chi connectivity index (χ2n) is 5.86. The molecule has 1 N–H and O–H groups in total. The summed E-state index contributed by atoms with van der Waals surface area (Å²) in [5.74, 6) is 0.679. The van der Waals surface area contributed by atoms with Crippen molar-refractivity contribution in [3.8, 4) is 5.75 Å². The Bertz CT molecular complexity index is 636. The fourth-order valence-electron chi connectivity index (χ4n) is 2.35. The van der Waals surface area contributed by atoms with Gasteiger partial charge in [0.15, 0.2) is 0 Å². The maximum absolute atomic E-state index is 11.7. The van der Waals surface area contributed by atoms with Crippen LogP contribution in [0.5, 0.6) is 5.75 Å². The number of nitrogens with zero attached hydrogens (tertiary/aromatic N) is 1. The number of ether oxygens (including phenoxy) is 1. The molecule has 0 aliphatic heterocycles. The van der Waals surface area contributed by atoms with E-state index in [1.165, 1.54) is 43.4 Å². The molecule has 0 aliphatic carbocycles. The molecular weight excluding hydrogens is 332 g/mol. The van der Waals surface area contributed by atoms with Crippen molar-refractivity contribution in [2.24, 2.45) is 5.10 Å². The molecule has 1 aromatic carbocycles. The van der Waals surface area contributed by atoms with E-state index in [0.29, 0.717) is 4.88 Å². The van der Waals surface area contributed by atoms with Gasteiger partial charge in [-0.1, -0.05) is 45.1 Å². The first-order chi connectivity index (χ1) is 12.3. The van der Waals surface area contributed by atoms with Gasteiger partial charge >= 0.3 is 0 Å². The highest BCUT2D eigenvalue weighted by Crippen LogP contribution is 2.13. The summed E-state index contributed by atoms with van der Waals surface area (Å²) in [6.07, 6.45) is 9.19. The standard InChI is InChI=1S/C20H26N2O2S/c1-2-3-4-5-6-7-14-24-18-12-10-17(11-13-18)16-21-22-20(23)19-9-8-15-25-19/h8-13,15-16H,2-7,14H2,1H3,(H,22,23). The maximum atomic E-state index is 11.7. The van der Waals surface area contributed by atoms with Crippen LogP contribution in [0.15, 0.2) is 46.9 Å². The summed E-state index contributed by atoms with van der Waals surface area (Å²) < 4.78 is 5.75. The van der Waals surface area contributed by atoms with Crippen LogP contribution in [0, 0.1) is 0 Å². The number of carbonyl (C=O) groups excluding carboxylic acids is 1. The molecule has 0 fully saturated rings. The number of unbranched alkanes of at least 4 members (excludes halogenated alkanes) is 5. The summed E-state index contributed by atoms with van der Waals surface area (Å²) in [7, 11) is 0. The normalized spacial score (nSPS) is 10.9. The lowest BCUT2D eigenvalue weighted by Crippen LogP contribution is -2.16. The minimum Gasteiger partial charge on any atom is -0.494 e. The van der Waals surface area contributed by atoms with Crippen molar-refractivity contribution >= 4 is 23.5 Å². The minimum absolute atomic E-state index is 0.190. The van der Waals surface area contributed by atoms with Gasteiger partial charge in [0, 0.05) is 0 Å². The first kappa shape index (κ1) is 19.2. The quantitative estimate of drug-likeness (QED) is 0.339. The summed E-state index contributed by atoms with van der Waals surface area (Å²) in [4.78, 5) is 12.4. The van der Waals surface area contributed by atoms with Crippen LogP contribution in [-0.2, 0) is 0 Å². The van der Waals surface area contributed by atoms with E-state index < -0.39 is 0 Å². The molecule has 0 atom stereocenters. The van der Waals surface area contributed by atoms with Gasteiger partial charge in [-0.3, -0.25) is 4.79 Å². The number of hydrazone groups is 1. The second kappa shape index (κ2) is 11.4. The lowest BCUT2D eigenvalue weighted by molar-refractivity contribution is 0.0959. The summed E-state index contributed by atoms with van der Waals surface area (Å²) in [5, 5.41) is 5.84. The van der Waals surface area contributed by atoms with Gasteiger partial charge in [-0.15, -0.1) is 11.3 Å². The smallest absolute Gasteiger partial charge is 0.281 e. The number of thiophene rings is 1. The van der Waals surface area contributed by atoms with Crippen molar-refractivity contribution in [3.05, 3.63) is 52.2 Å². The Kier molecular flexibility index (Phi) is 8.77. The number of hydrogen-bond acceptors (Lipinski definition) is 4. The maximum Gasteiger partial charge on any atom is 0.281 e. The highest BCUT2D eigenvalue weighted by Gasteiger charge is 2.03. The van der Waals surface area contributed by atoms with Crippen LogP contribution in [0.1, 0.15) is 60.7 Å². The second-order valence-corrected chi connectivity index (χ2v) is 6.81. The van der Waals surface area contributed by atoms with Crippen LogP contribution in [0.3, 0.4) is 0 Å². The average Bonchev–Trinajstić information content (AvgIpc) is 3.17. The molecule has 0 saturated carbocycles. The minimum atomic E-state index is -0.190. The third-order valence-corrected chi connectivity index (χ3v) is 4.64. The third-order valence-electron chi connectivity index (χ3n) is 3.77.